The quantitative estimate of drug-likeness (QED) is 0.724. The molecule has 0 bridgehead atoms. The molecule has 2 heterocycles. The Morgan fingerprint density at radius 3 is 2.37 bits per heavy atom. The van der Waals surface area contributed by atoms with E-state index < -0.39 is 11.7 Å². The lowest BCUT2D eigenvalue weighted by Gasteiger charge is -2.18. The van der Waals surface area contributed by atoms with Crippen molar-refractivity contribution in [2.24, 2.45) is 0 Å². The standard InChI is InChI=1S/C18H16F3N5O/c1-9-14(10-6-7-13(22)24-8-10)15(26-17(23)25-9)11-4-3-5-12(16(11)27-2)18(19,20)21/h3-8H,1-2H3,(H2,22,24)(H2,23,25,26). The lowest BCUT2D eigenvalue weighted by atomic mass is 9.96. The number of para-hydroxylation sites is 1. The molecule has 0 radical (unpaired) electrons. The normalized spacial score (nSPS) is 11.4. The summed E-state index contributed by atoms with van der Waals surface area (Å²) in [6, 6.07) is 7.00. The molecule has 2 aromatic heterocycles. The summed E-state index contributed by atoms with van der Waals surface area (Å²) < 4.78 is 45.3. The van der Waals surface area contributed by atoms with E-state index in [-0.39, 0.29) is 23.0 Å². The fourth-order valence-electron chi connectivity index (χ4n) is 2.85. The summed E-state index contributed by atoms with van der Waals surface area (Å²) in [4.78, 5) is 12.4. The topological polar surface area (TPSA) is 99.9 Å². The highest BCUT2D eigenvalue weighted by atomic mass is 19.4. The molecule has 0 fully saturated rings. The van der Waals surface area contributed by atoms with Gasteiger partial charge < -0.3 is 16.2 Å². The fourth-order valence-corrected chi connectivity index (χ4v) is 2.85. The largest absolute Gasteiger partial charge is 0.495 e. The van der Waals surface area contributed by atoms with Crippen molar-refractivity contribution in [2.75, 3.05) is 18.6 Å². The second kappa shape index (κ2) is 6.75. The Balaban J connectivity index is 2.34. The summed E-state index contributed by atoms with van der Waals surface area (Å²) in [6.45, 7) is 1.69. The zero-order valence-corrected chi connectivity index (χ0v) is 14.5. The summed E-state index contributed by atoms with van der Waals surface area (Å²) in [6.07, 6.45) is -3.08. The van der Waals surface area contributed by atoms with Crippen LogP contribution in [0.4, 0.5) is 24.9 Å². The zero-order valence-electron chi connectivity index (χ0n) is 14.5. The summed E-state index contributed by atoms with van der Waals surface area (Å²) in [5.41, 5.74) is 12.4. The average molecular weight is 375 g/mol. The van der Waals surface area contributed by atoms with Gasteiger partial charge in [0.1, 0.15) is 11.6 Å². The average Bonchev–Trinajstić information content (AvgIpc) is 2.60. The first-order valence-electron chi connectivity index (χ1n) is 7.83. The van der Waals surface area contributed by atoms with Crippen LogP contribution in [0, 0.1) is 6.92 Å². The van der Waals surface area contributed by atoms with Gasteiger partial charge in [-0.1, -0.05) is 6.07 Å². The van der Waals surface area contributed by atoms with Gasteiger partial charge in [0.05, 0.1) is 24.1 Å². The number of hydrogen-bond donors (Lipinski definition) is 2. The van der Waals surface area contributed by atoms with Crippen LogP contribution in [0.2, 0.25) is 0 Å². The van der Waals surface area contributed by atoms with Gasteiger partial charge >= 0.3 is 6.18 Å². The third kappa shape index (κ3) is 3.48. The van der Waals surface area contributed by atoms with Crippen molar-refractivity contribution in [1.82, 2.24) is 15.0 Å². The molecule has 4 N–H and O–H groups in total. The van der Waals surface area contributed by atoms with Crippen LogP contribution in [-0.2, 0) is 6.18 Å². The number of pyridine rings is 1. The van der Waals surface area contributed by atoms with E-state index in [4.69, 9.17) is 16.2 Å². The molecule has 1 aromatic carbocycles. The maximum Gasteiger partial charge on any atom is 0.419 e. The molecule has 3 rings (SSSR count). The van der Waals surface area contributed by atoms with Crippen molar-refractivity contribution in [2.45, 2.75) is 13.1 Å². The number of ether oxygens (including phenoxy) is 1. The first-order valence-corrected chi connectivity index (χ1v) is 7.83. The Bertz CT molecular complexity index is 988. The predicted octanol–water partition coefficient (Wildman–Crippen LogP) is 3.71. The van der Waals surface area contributed by atoms with E-state index in [0.29, 0.717) is 22.6 Å². The van der Waals surface area contributed by atoms with E-state index >= 15 is 0 Å². The highest BCUT2D eigenvalue weighted by molar-refractivity contribution is 5.86. The Kier molecular flexibility index (Phi) is 4.61. The second-order valence-corrected chi connectivity index (χ2v) is 5.75. The van der Waals surface area contributed by atoms with Crippen molar-refractivity contribution in [3.05, 3.63) is 47.8 Å². The molecule has 0 amide bonds. The molecule has 140 valence electrons. The lowest BCUT2D eigenvalue weighted by molar-refractivity contribution is -0.138. The molecule has 0 aliphatic heterocycles. The van der Waals surface area contributed by atoms with Crippen LogP contribution in [0.15, 0.2) is 36.5 Å². The van der Waals surface area contributed by atoms with E-state index in [1.165, 1.54) is 25.4 Å². The first kappa shape index (κ1) is 18.4. The van der Waals surface area contributed by atoms with Crippen LogP contribution < -0.4 is 16.2 Å². The Morgan fingerprint density at radius 2 is 1.78 bits per heavy atom. The second-order valence-electron chi connectivity index (χ2n) is 5.75. The molecule has 0 saturated carbocycles. The number of alkyl halides is 3. The lowest BCUT2D eigenvalue weighted by Crippen LogP contribution is -2.09. The number of aromatic nitrogens is 3. The van der Waals surface area contributed by atoms with Crippen LogP contribution in [0.1, 0.15) is 11.3 Å². The van der Waals surface area contributed by atoms with Crippen molar-refractivity contribution >= 4 is 11.8 Å². The number of nitrogens with two attached hydrogens (primary N) is 2. The van der Waals surface area contributed by atoms with Crippen molar-refractivity contribution in [3.8, 4) is 28.1 Å². The molecule has 0 atom stereocenters. The third-order valence-electron chi connectivity index (χ3n) is 3.96. The maximum absolute atomic E-state index is 13.4. The van der Waals surface area contributed by atoms with Gasteiger partial charge in [0, 0.05) is 22.9 Å². The van der Waals surface area contributed by atoms with Gasteiger partial charge in [-0.15, -0.1) is 0 Å². The monoisotopic (exact) mass is 375 g/mol. The van der Waals surface area contributed by atoms with Crippen molar-refractivity contribution < 1.29 is 17.9 Å². The predicted molar refractivity (Wildman–Crippen MR) is 95.8 cm³/mol. The highest BCUT2D eigenvalue weighted by Gasteiger charge is 2.36. The van der Waals surface area contributed by atoms with Crippen LogP contribution in [0.3, 0.4) is 0 Å². The van der Waals surface area contributed by atoms with E-state index in [1.807, 2.05) is 0 Å². The molecule has 0 saturated heterocycles. The Labute approximate surface area is 153 Å². The smallest absolute Gasteiger partial charge is 0.419 e. The number of hydrogen-bond acceptors (Lipinski definition) is 6. The van der Waals surface area contributed by atoms with Gasteiger partial charge in [0.15, 0.2) is 0 Å². The van der Waals surface area contributed by atoms with E-state index in [0.717, 1.165) is 6.07 Å². The number of aryl methyl sites for hydroxylation is 1. The highest BCUT2D eigenvalue weighted by Crippen LogP contribution is 2.44. The summed E-state index contributed by atoms with van der Waals surface area (Å²) in [7, 11) is 1.18. The minimum absolute atomic E-state index is 0.0610. The van der Waals surface area contributed by atoms with Gasteiger partial charge in [-0.25, -0.2) is 15.0 Å². The Hall–Kier alpha value is -3.36. The van der Waals surface area contributed by atoms with E-state index in [1.54, 1.807) is 19.1 Å². The molecule has 27 heavy (non-hydrogen) atoms. The summed E-state index contributed by atoms with van der Waals surface area (Å²) in [5, 5.41) is 0. The minimum atomic E-state index is -4.59. The molecule has 3 aromatic rings. The summed E-state index contributed by atoms with van der Waals surface area (Å²) in [5.74, 6) is -0.0905. The van der Waals surface area contributed by atoms with Crippen molar-refractivity contribution in [3.63, 3.8) is 0 Å². The van der Waals surface area contributed by atoms with Crippen molar-refractivity contribution in [1.29, 1.82) is 0 Å². The third-order valence-corrected chi connectivity index (χ3v) is 3.96. The number of nitrogen functional groups attached to an aromatic ring is 2. The zero-order chi connectivity index (χ0) is 19.8. The van der Waals surface area contributed by atoms with Gasteiger partial charge in [-0.2, -0.15) is 13.2 Å². The number of benzene rings is 1. The van der Waals surface area contributed by atoms with E-state index in [9.17, 15) is 13.2 Å². The Morgan fingerprint density at radius 1 is 1.04 bits per heavy atom. The van der Waals surface area contributed by atoms with Crippen LogP contribution >= 0.6 is 0 Å². The molecular weight excluding hydrogens is 359 g/mol. The van der Waals surface area contributed by atoms with E-state index in [2.05, 4.69) is 15.0 Å². The molecule has 0 aliphatic carbocycles. The number of nitrogens with zero attached hydrogens (tertiary/aromatic N) is 3. The van der Waals surface area contributed by atoms with Crippen LogP contribution in [0.25, 0.3) is 22.4 Å². The molecule has 9 heteroatoms. The van der Waals surface area contributed by atoms with Crippen LogP contribution in [0.5, 0.6) is 5.75 Å². The number of rotatable bonds is 3. The first-order chi connectivity index (χ1) is 12.7. The maximum atomic E-state index is 13.4. The minimum Gasteiger partial charge on any atom is -0.495 e. The molecule has 0 unspecified atom stereocenters. The summed E-state index contributed by atoms with van der Waals surface area (Å²) >= 11 is 0. The van der Waals surface area contributed by atoms with Gasteiger partial charge in [0.25, 0.3) is 0 Å². The number of methoxy groups -OCH3 is 1. The molecular formula is C18H16F3N5O. The molecule has 6 nitrogen and oxygen atoms in total. The van der Waals surface area contributed by atoms with Gasteiger partial charge in [-0.05, 0) is 31.2 Å². The van der Waals surface area contributed by atoms with Gasteiger partial charge in [0.2, 0.25) is 5.95 Å². The fraction of sp³-hybridized carbons (Fsp3) is 0.167. The number of halogens is 3. The van der Waals surface area contributed by atoms with Gasteiger partial charge in [-0.3, -0.25) is 0 Å². The molecule has 0 spiro atoms. The number of anilines is 2. The molecule has 0 aliphatic rings. The SMILES string of the molecule is COc1c(-c2nc(N)nc(C)c2-c2ccc(N)nc2)cccc1C(F)(F)F. The van der Waals surface area contributed by atoms with Crippen LogP contribution in [-0.4, -0.2) is 22.1 Å².